The van der Waals surface area contributed by atoms with Gasteiger partial charge in [0.05, 0.1) is 12.7 Å². The fourth-order valence-corrected chi connectivity index (χ4v) is 4.79. The number of hydrogen-bond donors (Lipinski definition) is 1. The number of carbonyl (C=O) groups is 1. The molecule has 0 radical (unpaired) electrons. The lowest BCUT2D eigenvalue weighted by Gasteiger charge is -2.12. The molecule has 126 valence electrons. The summed E-state index contributed by atoms with van der Waals surface area (Å²) in [5.41, 5.74) is 1.01. The van der Waals surface area contributed by atoms with Crippen LogP contribution in [0.5, 0.6) is 5.75 Å². The van der Waals surface area contributed by atoms with E-state index in [0.717, 1.165) is 21.1 Å². The van der Waals surface area contributed by atoms with E-state index in [2.05, 4.69) is 4.72 Å². The molecular weight excluding hydrogens is 346 g/mol. The lowest BCUT2D eigenvalue weighted by Crippen LogP contribution is -2.21. The Labute approximate surface area is 145 Å². The highest BCUT2D eigenvalue weighted by atomic mass is 32.2. The maximum absolute atomic E-state index is 12.2. The molecule has 1 amide bonds. The molecule has 0 bridgehead atoms. The number of hydrogen-bond acceptors (Lipinski definition) is 5. The zero-order valence-corrected chi connectivity index (χ0v) is 15.1. The number of amides is 1. The van der Waals surface area contributed by atoms with Gasteiger partial charge < -0.3 is 4.74 Å². The maximum atomic E-state index is 12.2. The van der Waals surface area contributed by atoms with Gasteiger partial charge in [-0.05, 0) is 47.9 Å². The quantitative estimate of drug-likeness (QED) is 0.901. The van der Waals surface area contributed by atoms with E-state index >= 15 is 0 Å². The summed E-state index contributed by atoms with van der Waals surface area (Å²) in [6, 6.07) is 11.0. The molecule has 0 unspecified atom stereocenters. The number of methoxy groups -OCH3 is 1. The molecule has 2 aromatic rings. The van der Waals surface area contributed by atoms with E-state index in [0.29, 0.717) is 0 Å². The van der Waals surface area contributed by atoms with Crippen molar-refractivity contribution in [3.05, 3.63) is 47.5 Å². The number of fused-ring (bicyclic) bond motifs is 1. The van der Waals surface area contributed by atoms with Crippen LogP contribution in [0.4, 0.5) is 0 Å². The van der Waals surface area contributed by atoms with Gasteiger partial charge in [0.15, 0.2) is 0 Å². The fraction of sp³-hybridized carbons (Fsp3) is 0.235. The largest absolute Gasteiger partial charge is 0.497 e. The minimum Gasteiger partial charge on any atom is -0.497 e. The van der Waals surface area contributed by atoms with E-state index < -0.39 is 15.9 Å². The summed E-state index contributed by atoms with van der Waals surface area (Å²) in [6.07, 6.45) is 0. The zero-order chi connectivity index (χ0) is 17.5. The summed E-state index contributed by atoms with van der Waals surface area (Å²) in [5, 5.41) is 0. The van der Waals surface area contributed by atoms with Gasteiger partial charge in [-0.2, -0.15) is 0 Å². The molecular formula is C17H17NO4S2. The molecule has 0 aliphatic carbocycles. The van der Waals surface area contributed by atoms with Crippen molar-refractivity contribution in [2.24, 2.45) is 0 Å². The van der Waals surface area contributed by atoms with Crippen LogP contribution in [-0.2, 0) is 10.0 Å². The Balaban J connectivity index is 2.06. The first-order valence-corrected chi connectivity index (χ1v) is 9.69. The topological polar surface area (TPSA) is 72.5 Å². The molecule has 0 aromatic heterocycles. The van der Waals surface area contributed by atoms with Gasteiger partial charge in [-0.1, -0.05) is 25.6 Å². The molecule has 0 fully saturated rings. The van der Waals surface area contributed by atoms with Crippen LogP contribution in [0.3, 0.4) is 0 Å². The van der Waals surface area contributed by atoms with Crippen LogP contribution < -0.4 is 9.46 Å². The average molecular weight is 363 g/mol. The summed E-state index contributed by atoms with van der Waals surface area (Å²) in [5.74, 6) is 0.248. The summed E-state index contributed by atoms with van der Waals surface area (Å²) >= 11 is 1.45. The first kappa shape index (κ1) is 16.9. The summed E-state index contributed by atoms with van der Waals surface area (Å²) < 4.78 is 31.5. The maximum Gasteiger partial charge on any atom is 0.266 e. The summed E-state index contributed by atoms with van der Waals surface area (Å²) in [4.78, 5) is 13.8. The molecule has 1 N–H and O–H groups in total. The minimum absolute atomic E-state index is 0.0363. The second-order valence-corrected chi connectivity index (χ2v) is 8.55. The van der Waals surface area contributed by atoms with Crippen molar-refractivity contribution in [2.75, 3.05) is 7.11 Å². The van der Waals surface area contributed by atoms with Crippen LogP contribution in [0, 0.1) is 0 Å². The molecule has 2 aromatic carbocycles. The molecule has 24 heavy (non-hydrogen) atoms. The van der Waals surface area contributed by atoms with Gasteiger partial charge in [0.2, 0.25) is 0 Å². The van der Waals surface area contributed by atoms with Gasteiger partial charge in [0, 0.05) is 9.79 Å². The first-order valence-electron chi connectivity index (χ1n) is 7.39. The molecule has 1 aliphatic heterocycles. The molecule has 0 spiro atoms. The predicted octanol–water partition coefficient (Wildman–Crippen LogP) is 3.40. The van der Waals surface area contributed by atoms with Gasteiger partial charge in [-0.15, -0.1) is 0 Å². The Bertz CT molecular complexity index is 903. The van der Waals surface area contributed by atoms with Crippen molar-refractivity contribution < 1.29 is 17.9 Å². The molecule has 1 aliphatic rings. The van der Waals surface area contributed by atoms with E-state index in [9.17, 15) is 13.2 Å². The molecule has 0 saturated heterocycles. The smallest absolute Gasteiger partial charge is 0.266 e. The summed E-state index contributed by atoms with van der Waals surface area (Å²) in [6.45, 7) is 3.88. The molecule has 7 heteroatoms. The van der Waals surface area contributed by atoms with Crippen LogP contribution in [0.15, 0.2) is 51.1 Å². The van der Waals surface area contributed by atoms with Crippen LogP contribution in [-0.4, -0.2) is 21.4 Å². The number of ether oxygens (including phenoxy) is 1. The average Bonchev–Trinajstić information content (AvgIpc) is 2.77. The summed E-state index contributed by atoms with van der Waals surface area (Å²) in [7, 11) is -2.17. The van der Waals surface area contributed by atoms with E-state index in [1.807, 2.05) is 44.2 Å². The van der Waals surface area contributed by atoms with Gasteiger partial charge in [0.1, 0.15) is 10.6 Å². The van der Waals surface area contributed by atoms with Gasteiger partial charge in [-0.25, -0.2) is 13.1 Å². The SMILES string of the molecule is COc1ccc(Sc2cc(C(C)C)c3c(c2)S(=O)(=O)NC3=O)cc1. The van der Waals surface area contributed by atoms with Crippen molar-refractivity contribution in [3.63, 3.8) is 0 Å². The van der Waals surface area contributed by atoms with Gasteiger partial charge in [-0.3, -0.25) is 4.79 Å². The fourth-order valence-electron chi connectivity index (χ4n) is 2.59. The van der Waals surface area contributed by atoms with E-state index in [4.69, 9.17) is 4.74 Å². The molecule has 1 heterocycles. The van der Waals surface area contributed by atoms with Crippen molar-refractivity contribution >= 4 is 27.7 Å². The Morgan fingerprint density at radius 1 is 1.08 bits per heavy atom. The first-order chi connectivity index (χ1) is 11.3. The third kappa shape index (κ3) is 3.01. The lowest BCUT2D eigenvalue weighted by molar-refractivity contribution is 0.0984. The second kappa shape index (κ2) is 6.14. The molecule has 0 saturated carbocycles. The predicted molar refractivity (Wildman–Crippen MR) is 92.3 cm³/mol. The molecule has 0 atom stereocenters. The Hall–Kier alpha value is -1.99. The highest BCUT2D eigenvalue weighted by Gasteiger charge is 2.35. The zero-order valence-electron chi connectivity index (χ0n) is 13.5. The Morgan fingerprint density at radius 2 is 1.75 bits per heavy atom. The number of rotatable bonds is 4. The highest BCUT2D eigenvalue weighted by molar-refractivity contribution is 7.99. The number of carbonyl (C=O) groups excluding carboxylic acids is 1. The van der Waals surface area contributed by atoms with Crippen molar-refractivity contribution in [2.45, 2.75) is 34.5 Å². The third-order valence-electron chi connectivity index (χ3n) is 3.77. The second-order valence-electron chi connectivity index (χ2n) is 5.75. The normalized spacial score (nSPS) is 15.2. The van der Waals surface area contributed by atoms with Crippen LogP contribution in [0.25, 0.3) is 0 Å². The number of sulfonamides is 1. The van der Waals surface area contributed by atoms with Crippen LogP contribution >= 0.6 is 11.8 Å². The number of nitrogens with one attached hydrogen (secondary N) is 1. The Kier molecular flexibility index (Phi) is 4.31. The minimum atomic E-state index is -3.77. The van der Waals surface area contributed by atoms with E-state index in [1.54, 1.807) is 13.2 Å². The van der Waals surface area contributed by atoms with Gasteiger partial charge >= 0.3 is 0 Å². The molecule has 5 nitrogen and oxygen atoms in total. The monoisotopic (exact) mass is 363 g/mol. The van der Waals surface area contributed by atoms with Crippen LogP contribution in [0.1, 0.15) is 35.7 Å². The van der Waals surface area contributed by atoms with Crippen molar-refractivity contribution in [3.8, 4) is 5.75 Å². The standard InChI is InChI=1S/C17H17NO4S2/c1-10(2)14-8-13(23-12-6-4-11(22-3)5-7-12)9-15-16(14)17(19)18-24(15,20)21/h4-10H,1-3H3,(H,18,19). The number of benzene rings is 2. The molecule has 3 rings (SSSR count). The third-order valence-corrected chi connectivity index (χ3v) is 6.10. The lowest BCUT2D eigenvalue weighted by atomic mass is 9.97. The highest BCUT2D eigenvalue weighted by Crippen LogP contribution is 2.37. The van der Waals surface area contributed by atoms with Gasteiger partial charge in [0.25, 0.3) is 15.9 Å². The van der Waals surface area contributed by atoms with Crippen LogP contribution in [0.2, 0.25) is 0 Å². The van der Waals surface area contributed by atoms with E-state index in [-0.39, 0.29) is 16.4 Å². The van der Waals surface area contributed by atoms with E-state index in [1.165, 1.54) is 11.8 Å². The Morgan fingerprint density at radius 3 is 2.33 bits per heavy atom. The van der Waals surface area contributed by atoms with Crippen molar-refractivity contribution in [1.29, 1.82) is 0 Å². The van der Waals surface area contributed by atoms with Crippen molar-refractivity contribution in [1.82, 2.24) is 4.72 Å².